The zero-order valence-electron chi connectivity index (χ0n) is 10.8. The molecule has 5 heteroatoms. The summed E-state index contributed by atoms with van der Waals surface area (Å²) >= 11 is 0. The molecular weight excluding hydrogens is 230 g/mol. The van der Waals surface area contributed by atoms with Gasteiger partial charge in [0.1, 0.15) is 5.82 Å². The Labute approximate surface area is 107 Å². The number of carbonyl (C=O) groups excluding carboxylic acids is 1. The van der Waals surface area contributed by atoms with Gasteiger partial charge in [0.05, 0.1) is 24.6 Å². The third-order valence-electron chi connectivity index (χ3n) is 3.57. The summed E-state index contributed by atoms with van der Waals surface area (Å²) in [6.45, 7) is 2.14. The van der Waals surface area contributed by atoms with Crippen LogP contribution in [0.5, 0.6) is 0 Å². The van der Waals surface area contributed by atoms with Gasteiger partial charge >= 0.3 is 5.97 Å². The summed E-state index contributed by atoms with van der Waals surface area (Å²) in [7, 11) is 1.34. The van der Waals surface area contributed by atoms with Gasteiger partial charge in [-0.15, -0.1) is 0 Å². The van der Waals surface area contributed by atoms with Crippen LogP contribution in [-0.4, -0.2) is 24.1 Å². The van der Waals surface area contributed by atoms with Gasteiger partial charge in [-0.25, -0.2) is 9.78 Å². The predicted molar refractivity (Wildman–Crippen MR) is 70.4 cm³/mol. The van der Waals surface area contributed by atoms with Gasteiger partial charge in [-0.2, -0.15) is 0 Å². The van der Waals surface area contributed by atoms with Gasteiger partial charge in [-0.1, -0.05) is 6.42 Å². The van der Waals surface area contributed by atoms with Crippen molar-refractivity contribution in [1.29, 1.82) is 0 Å². The highest BCUT2D eigenvalue weighted by Crippen LogP contribution is 2.31. The van der Waals surface area contributed by atoms with E-state index in [1.165, 1.54) is 32.6 Å². The van der Waals surface area contributed by atoms with Gasteiger partial charge in [0.2, 0.25) is 0 Å². The second kappa shape index (κ2) is 5.25. The number of anilines is 2. The number of nitrogens with zero attached hydrogens (tertiary/aromatic N) is 1. The molecule has 0 aliphatic heterocycles. The predicted octanol–water partition coefficient (Wildman–Crippen LogP) is 2.05. The van der Waals surface area contributed by atoms with E-state index < -0.39 is 5.97 Å². The smallest absolute Gasteiger partial charge is 0.340 e. The minimum Gasteiger partial charge on any atom is -0.465 e. The Bertz CT molecular complexity index is 444. The minimum absolute atomic E-state index is 0.337. The number of hydrogen-bond acceptors (Lipinski definition) is 5. The van der Waals surface area contributed by atoms with E-state index in [4.69, 9.17) is 5.73 Å². The molecule has 1 aromatic heterocycles. The van der Waals surface area contributed by atoms with E-state index in [-0.39, 0.29) is 0 Å². The van der Waals surface area contributed by atoms with Crippen LogP contribution in [0.1, 0.15) is 36.5 Å². The van der Waals surface area contributed by atoms with E-state index in [1.54, 1.807) is 6.07 Å². The van der Waals surface area contributed by atoms with Crippen LogP contribution in [-0.2, 0) is 4.74 Å². The van der Waals surface area contributed by atoms with Gasteiger partial charge in [-0.05, 0) is 31.7 Å². The maximum atomic E-state index is 11.5. The van der Waals surface area contributed by atoms with E-state index in [0.29, 0.717) is 29.0 Å². The Morgan fingerprint density at radius 3 is 2.89 bits per heavy atom. The maximum Gasteiger partial charge on any atom is 0.340 e. The Kier molecular flexibility index (Phi) is 3.69. The van der Waals surface area contributed by atoms with Gasteiger partial charge in [-0.3, -0.25) is 0 Å². The zero-order valence-corrected chi connectivity index (χ0v) is 10.8. The number of ether oxygens (including phenoxy) is 1. The number of methoxy groups -OCH3 is 1. The molecule has 1 atom stereocenters. The van der Waals surface area contributed by atoms with Crippen LogP contribution in [0.25, 0.3) is 0 Å². The van der Waals surface area contributed by atoms with Gasteiger partial charge in [0, 0.05) is 6.04 Å². The summed E-state index contributed by atoms with van der Waals surface area (Å²) in [6.07, 6.45) is 5.31. The first-order chi connectivity index (χ1) is 8.61. The lowest BCUT2D eigenvalue weighted by molar-refractivity contribution is 0.0602. The van der Waals surface area contributed by atoms with Crippen LogP contribution >= 0.6 is 0 Å². The molecule has 18 heavy (non-hydrogen) atoms. The minimum atomic E-state index is -0.436. The van der Waals surface area contributed by atoms with Crippen LogP contribution < -0.4 is 11.1 Å². The van der Waals surface area contributed by atoms with E-state index in [2.05, 4.69) is 22.0 Å². The molecular formula is C13H19N3O2. The molecule has 0 amide bonds. The van der Waals surface area contributed by atoms with Crippen molar-refractivity contribution in [3.8, 4) is 0 Å². The van der Waals surface area contributed by atoms with Crippen LogP contribution in [0.2, 0.25) is 0 Å². The van der Waals surface area contributed by atoms with Crippen molar-refractivity contribution >= 4 is 17.5 Å². The highest BCUT2D eigenvalue weighted by atomic mass is 16.5. The van der Waals surface area contributed by atoms with Crippen LogP contribution in [0, 0.1) is 5.92 Å². The molecule has 0 radical (unpaired) electrons. The van der Waals surface area contributed by atoms with Crippen LogP contribution in [0.3, 0.4) is 0 Å². The first kappa shape index (κ1) is 12.7. The Hall–Kier alpha value is -1.78. The van der Waals surface area contributed by atoms with Crippen molar-refractivity contribution in [3.05, 3.63) is 17.8 Å². The molecule has 1 fully saturated rings. The Balaban J connectivity index is 2.11. The van der Waals surface area contributed by atoms with Crippen molar-refractivity contribution in [2.75, 3.05) is 18.2 Å². The fraction of sp³-hybridized carbons (Fsp3) is 0.538. The van der Waals surface area contributed by atoms with E-state index >= 15 is 0 Å². The van der Waals surface area contributed by atoms with E-state index in [9.17, 15) is 4.79 Å². The number of rotatable bonds is 4. The first-order valence-corrected chi connectivity index (χ1v) is 6.22. The van der Waals surface area contributed by atoms with Crippen molar-refractivity contribution in [3.63, 3.8) is 0 Å². The fourth-order valence-corrected chi connectivity index (χ4v) is 2.12. The topological polar surface area (TPSA) is 77.2 Å². The fourth-order valence-electron chi connectivity index (χ4n) is 2.12. The molecule has 0 saturated heterocycles. The lowest BCUT2D eigenvalue weighted by atomic mass is 9.80. The molecule has 0 bridgehead atoms. The molecule has 1 aromatic rings. The monoisotopic (exact) mass is 249 g/mol. The number of esters is 1. The number of nitrogens with two attached hydrogens (primary N) is 1. The molecule has 1 saturated carbocycles. The van der Waals surface area contributed by atoms with Crippen molar-refractivity contribution < 1.29 is 9.53 Å². The molecule has 1 aliphatic carbocycles. The number of hydrogen-bond donors (Lipinski definition) is 2. The third kappa shape index (κ3) is 2.55. The standard InChI is InChI=1S/C13H19N3O2/c1-8(9-4-3-5-9)16-12-6-10(13(17)18-2)11(14)7-15-12/h6-9H,3-5,14H2,1-2H3,(H,15,16). The molecule has 1 heterocycles. The Morgan fingerprint density at radius 2 is 2.33 bits per heavy atom. The summed E-state index contributed by atoms with van der Waals surface area (Å²) in [6, 6.07) is 2.01. The number of aromatic nitrogens is 1. The van der Waals surface area contributed by atoms with Gasteiger partial charge in [0.25, 0.3) is 0 Å². The number of nitrogens with one attached hydrogen (secondary N) is 1. The first-order valence-electron chi connectivity index (χ1n) is 6.22. The van der Waals surface area contributed by atoms with Crippen LogP contribution in [0.15, 0.2) is 12.3 Å². The summed E-state index contributed by atoms with van der Waals surface area (Å²) < 4.78 is 4.68. The second-order valence-corrected chi connectivity index (χ2v) is 4.77. The molecule has 5 nitrogen and oxygen atoms in total. The average Bonchev–Trinajstić information content (AvgIpc) is 2.28. The van der Waals surface area contributed by atoms with Crippen molar-refractivity contribution in [1.82, 2.24) is 4.98 Å². The maximum absolute atomic E-state index is 11.5. The molecule has 3 N–H and O–H groups in total. The average molecular weight is 249 g/mol. The summed E-state index contributed by atoms with van der Waals surface area (Å²) in [4.78, 5) is 15.7. The van der Waals surface area contributed by atoms with Crippen molar-refractivity contribution in [2.24, 2.45) is 5.92 Å². The quantitative estimate of drug-likeness (QED) is 0.798. The highest BCUT2D eigenvalue weighted by Gasteiger charge is 2.24. The SMILES string of the molecule is COC(=O)c1cc(NC(C)C2CCC2)ncc1N. The molecule has 0 aromatic carbocycles. The number of pyridine rings is 1. The normalized spacial score (nSPS) is 16.8. The summed E-state index contributed by atoms with van der Waals surface area (Å²) in [5, 5.41) is 3.32. The Morgan fingerprint density at radius 1 is 1.61 bits per heavy atom. The summed E-state index contributed by atoms with van der Waals surface area (Å²) in [5.41, 5.74) is 6.40. The molecule has 0 spiro atoms. The number of nitrogen functional groups attached to an aromatic ring is 1. The zero-order chi connectivity index (χ0) is 13.1. The largest absolute Gasteiger partial charge is 0.465 e. The molecule has 98 valence electrons. The summed E-state index contributed by atoms with van der Waals surface area (Å²) in [5.74, 6) is 0.934. The third-order valence-corrected chi connectivity index (χ3v) is 3.57. The lowest BCUT2D eigenvalue weighted by Crippen LogP contribution is -2.31. The lowest BCUT2D eigenvalue weighted by Gasteiger charge is -2.32. The molecule has 1 unspecified atom stereocenters. The van der Waals surface area contributed by atoms with Gasteiger partial charge in [0.15, 0.2) is 0 Å². The van der Waals surface area contributed by atoms with Gasteiger partial charge < -0.3 is 15.8 Å². The second-order valence-electron chi connectivity index (χ2n) is 4.77. The molecule has 2 rings (SSSR count). The van der Waals surface area contributed by atoms with Crippen LogP contribution in [0.4, 0.5) is 11.5 Å². The van der Waals surface area contributed by atoms with Crippen molar-refractivity contribution in [2.45, 2.75) is 32.2 Å². The molecule has 1 aliphatic rings. The van der Waals surface area contributed by atoms with E-state index in [1.807, 2.05) is 0 Å². The van der Waals surface area contributed by atoms with E-state index in [0.717, 1.165) is 0 Å². The number of carbonyl (C=O) groups is 1. The highest BCUT2D eigenvalue weighted by molar-refractivity contribution is 5.95.